The maximum Gasteiger partial charge on any atom is 0.0928 e. The monoisotopic (exact) mass is 240 g/mol. The quantitative estimate of drug-likeness (QED) is 0.846. The molecule has 0 radical (unpaired) electrons. The average Bonchev–Trinajstić information content (AvgIpc) is 2.69. The van der Waals surface area contributed by atoms with Gasteiger partial charge in [-0.05, 0) is 32.6 Å². The van der Waals surface area contributed by atoms with Gasteiger partial charge in [-0.3, -0.25) is 0 Å². The smallest absolute Gasteiger partial charge is 0.0928 e. The Morgan fingerprint density at radius 2 is 2.44 bits per heavy atom. The predicted octanol–water partition coefficient (Wildman–Crippen LogP) is 2.05. The molecule has 0 fully saturated rings. The maximum absolute atomic E-state index is 9.31. The molecule has 0 amide bonds. The molecule has 3 nitrogen and oxygen atoms in total. The summed E-state index contributed by atoms with van der Waals surface area (Å²) in [6.45, 7) is 4.65. The minimum Gasteiger partial charge on any atom is -0.392 e. The molecule has 0 saturated carbocycles. The van der Waals surface area contributed by atoms with Gasteiger partial charge in [0.05, 0.1) is 16.8 Å². The Morgan fingerprint density at radius 1 is 1.62 bits per heavy atom. The lowest BCUT2D eigenvalue weighted by molar-refractivity contribution is 0.184. The summed E-state index contributed by atoms with van der Waals surface area (Å²) in [6, 6.07) is 0.413. The van der Waals surface area contributed by atoms with Crippen LogP contribution in [0.5, 0.6) is 0 Å². The van der Waals surface area contributed by atoms with Gasteiger partial charge in [-0.2, -0.15) is 0 Å². The normalized spacial score (nSPS) is 21.8. The molecule has 4 heteroatoms. The van der Waals surface area contributed by atoms with E-state index in [1.165, 1.54) is 28.4 Å². The zero-order valence-electron chi connectivity index (χ0n) is 9.99. The Hall–Kier alpha value is -0.450. The van der Waals surface area contributed by atoms with Gasteiger partial charge in [-0.1, -0.05) is 6.92 Å². The molecule has 90 valence electrons. The molecular formula is C12H20N2OS. The number of thiazole rings is 1. The van der Waals surface area contributed by atoms with Crippen molar-refractivity contribution in [1.82, 2.24) is 10.3 Å². The Labute approximate surface area is 101 Å². The third-order valence-electron chi connectivity index (χ3n) is 2.96. The number of aliphatic hydroxyl groups is 1. The van der Waals surface area contributed by atoms with Gasteiger partial charge >= 0.3 is 0 Å². The summed E-state index contributed by atoms with van der Waals surface area (Å²) >= 11 is 1.84. The van der Waals surface area contributed by atoms with Gasteiger partial charge in [0, 0.05) is 17.5 Å². The highest BCUT2D eigenvalue weighted by Crippen LogP contribution is 2.34. The van der Waals surface area contributed by atoms with Crippen LogP contribution in [-0.2, 0) is 12.8 Å². The molecule has 0 bridgehead atoms. The Balaban J connectivity index is 2.09. The van der Waals surface area contributed by atoms with Crippen LogP contribution in [0.25, 0.3) is 0 Å². The number of nitrogens with zero attached hydrogens (tertiary/aromatic N) is 1. The minimum atomic E-state index is -0.274. The van der Waals surface area contributed by atoms with Crippen molar-refractivity contribution in [3.05, 3.63) is 15.6 Å². The molecule has 1 heterocycles. The van der Waals surface area contributed by atoms with Gasteiger partial charge in [0.15, 0.2) is 0 Å². The number of hydrogen-bond acceptors (Lipinski definition) is 4. The van der Waals surface area contributed by atoms with Crippen molar-refractivity contribution in [2.24, 2.45) is 0 Å². The van der Waals surface area contributed by atoms with E-state index < -0.39 is 0 Å². The number of aromatic nitrogens is 1. The van der Waals surface area contributed by atoms with Crippen molar-refractivity contribution in [3.63, 3.8) is 0 Å². The Morgan fingerprint density at radius 3 is 3.12 bits per heavy atom. The number of nitrogens with one attached hydrogen (secondary N) is 1. The van der Waals surface area contributed by atoms with E-state index in [1.807, 2.05) is 18.3 Å². The van der Waals surface area contributed by atoms with Gasteiger partial charge in [0.2, 0.25) is 0 Å². The highest BCUT2D eigenvalue weighted by Gasteiger charge is 2.23. The van der Waals surface area contributed by atoms with Crippen LogP contribution in [0.3, 0.4) is 0 Å². The minimum absolute atomic E-state index is 0.274. The molecule has 0 saturated heterocycles. The molecule has 2 rings (SSSR count). The van der Waals surface area contributed by atoms with E-state index in [-0.39, 0.29) is 6.10 Å². The van der Waals surface area contributed by atoms with E-state index in [0.717, 1.165) is 12.8 Å². The fourth-order valence-corrected chi connectivity index (χ4v) is 3.29. The van der Waals surface area contributed by atoms with Crippen molar-refractivity contribution >= 4 is 11.3 Å². The van der Waals surface area contributed by atoms with Crippen LogP contribution in [0.4, 0.5) is 0 Å². The third kappa shape index (κ3) is 2.62. The maximum atomic E-state index is 9.31. The van der Waals surface area contributed by atoms with Crippen LogP contribution in [0.15, 0.2) is 0 Å². The fraction of sp³-hybridized carbons (Fsp3) is 0.750. The molecule has 1 aliphatic carbocycles. The number of rotatable bonds is 4. The number of hydrogen-bond donors (Lipinski definition) is 2. The molecule has 1 unspecified atom stereocenters. The molecule has 0 aliphatic heterocycles. The predicted molar refractivity (Wildman–Crippen MR) is 66.9 cm³/mol. The van der Waals surface area contributed by atoms with Crippen LogP contribution in [-0.4, -0.2) is 22.7 Å². The van der Waals surface area contributed by atoms with Gasteiger partial charge in [-0.15, -0.1) is 11.3 Å². The summed E-state index contributed by atoms with van der Waals surface area (Å²) in [5, 5.41) is 14.0. The van der Waals surface area contributed by atoms with E-state index in [0.29, 0.717) is 12.6 Å². The molecule has 2 N–H and O–H groups in total. The third-order valence-corrected chi connectivity index (χ3v) is 4.31. The molecule has 0 aromatic carbocycles. The molecule has 2 atom stereocenters. The molecule has 0 spiro atoms. The van der Waals surface area contributed by atoms with Gasteiger partial charge < -0.3 is 10.4 Å². The van der Waals surface area contributed by atoms with Crippen molar-refractivity contribution in [2.45, 2.75) is 51.7 Å². The summed E-state index contributed by atoms with van der Waals surface area (Å²) in [7, 11) is 0. The lowest BCUT2D eigenvalue weighted by Gasteiger charge is -2.23. The Kier molecular flexibility index (Phi) is 3.95. The first-order chi connectivity index (χ1) is 7.70. The van der Waals surface area contributed by atoms with Gasteiger partial charge in [-0.25, -0.2) is 4.98 Å². The highest BCUT2D eigenvalue weighted by molar-refractivity contribution is 7.11. The second-order valence-electron chi connectivity index (χ2n) is 4.47. The summed E-state index contributed by atoms with van der Waals surface area (Å²) in [5.74, 6) is 0. The van der Waals surface area contributed by atoms with E-state index in [1.54, 1.807) is 0 Å². The van der Waals surface area contributed by atoms with Crippen molar-refractivity contribution in [2.75, 3.05) is 6.54 Å². The molecule has 1 aromatic rings. The highest BCUT2D eigenvalue weighted by atomic mass is 32.1. The van der Waals surface area contributed by atoms with E-state index >= 15 is 0 Å². The van der Waals surface area contributed by atoms with Crippen molar-refractivity contribution < 1.29 is 5.11 Å². The average molecular weight is 240 g/mol. The van der Waals surface area contributed by atoms with Crippen molar-refractivity contribution in [3.8, 4) is 0 Å². The van der Waals surface area contributed by atoms with Crippen LogP contribution in [0.2, 0.25) is 0 Å². The number of aryl methyl sites for hydroxylation is 2. The Bertz CT molecular complexity index is 349. The lowest BCUT2D eigenvalue weighted by atomic mass is 9.98. The first-order valence-corrected chi connectivity index (χ1v) is 6.92. The van der Waals surface area contributed by atoms with Crippen LogP contribution in [0.1, 0.15) is 48.3 Å². The van der Waals surface area contributed by atoms with E-state index in [4.69, 9.17) is 0 Å². The molecule has 1 aliphatic rings. The number of fused-ring (bicyclic) bond motifs is 1. The van der Waals surface area contributed by atoms with Gasteiger partial charge in [0.1, 0.15) is 0 Å². The van der Waals surface area contributed by atoms with Crippen LogP contribution < -0.4 is 5.32 Å². The topological polar surface area (TPSA) is 45.2 Å². The zero-order chi connectivity index (χ0) is 11.5. The standard InChI is InChI=1S/C12H20N2OS/c1-3-11-14-10-6-4-5-9(12(10)16-11)13-7-8(2)15/h8-9,13,15H,3-7H2,1-2H3/t8-,9?/m1/s1. The summed E-state index contributed by atoms with van der Waals surface area (Å²) in [6.07, 6.45) is 4.26. The first kappa shape index (κ1) is 12.0. The van der Waals surface area contributed by atoms with E-state index in [9.17, 15) is 5.11 Å². The molecule has 16 heavy (non-hydrogen) atoms. The summed E-state index contributed by atoms with van der Waals surface area (Å²) in [4.78, 5) is 6.07. The SMILES string of the molecule is CCc1nc2c(s1)C(NC[C@@H](C)O)CCC2. The van der Waals surface area contributed by atoms with Gasteiger partial charge in [0.25, 0.3) is 0 Å². The van der Waals surface area contributed by atoms with Crippen molar-refractivity contribution in [1.29, 1.82) is 0 Å². The number of aliphatic hydroxyl groups excluding tert-OH is 1. The first-order valence-electron chi connectivity index (χ1n) is 6.10. The summed E-state index contributed by atoms with van der Waals surface area (Å²) < 4.78 is 0. The van der Waals surface area contributed by atoms with Crippen LogP contribution >= 0.6 is 11.3 Å². The summed E-state index contributed by atoms with van der Waals surface area (Å²) in [5.41, 5.74) is 1.29. The molecular weight excluding hydrogens is 220 g/mol. The zero-order valence-corrected chi connectivity index (χ0v) is 10.8. The second kappa shape index (κ2) is 5.25. The second-order valence-corrected chi connectivity index (χ2v) is 5.59. The molecule has 1 aromatic heterocycles. The van der Waals surface area contributed by atoms with Crippen LogP contribution in [0, 0.1) is 0 Å². The van der Waals surface area contributed by atoms with E-state index in [2.05, 4.69) is 17.2 Å². The largest absolute Gasteiger partial charge is 0.392 e. The fourth-order valence-electron chi connectivity index (χ4n) is 2.13. The lowest BCUT2D eigenvalue weighted by Crippen LogP contribution is -2.30.